The van der Waals surface area contributed by atoms with Crippen LogP contribution in [0.25, 0.3) is 10.4 Å². The molecule has 0 saturated carbocycles. The minimum Gasteiger partial charge on any atom is -0.379 e. The van der Waals surface area contributed by atoms with E-state index in [1.54, 1.807) is 36.4 Å². The molecule has 1 aliphatic heterocycles. The number of ether oxygens (including phenoxy) is 4. The molecule has 0 unspecified atom stereocenters. The number of hydrogen-bond donors (Lipinski definition) is 4. The van der Waals surface area contributed by atoms with Crippen molar-refractivity contribution in [1.29, 1.82) is 0 Å². The van der Waals surface area contributed by atoms with Crippen molar-refractivity contribution in [3.8, 4) is 0 Å². The number of nitrogens with zero attached hydrogens (tertiary/aromatic N) is 7. The molecule has 3 aromatic carbocycles. The third-order valence-electron chi connectivity index (χ3n) is 8.21. The van der Waals surface area contributed by atoms with Gasteiger partial charge in [-0.3, -0.25) is 9.59 Å². The summed E-state index contributed by atoms with van der Waals surface area (Å²) in [5.74, 6) is 0.950. The third kappa shape index (κ3) is 14.1. The van der Waals surface area contributed by atoms with Gasteiger partial charge in [0.1, 0.15) is 0 Å². The molecular weight excluding hydrogens is 706 g/mol. The highest BCUT2D eigenvalue weighted by Gasteiger charge is 2.20. The van der Waals surface area contributed by atoms with E-state index in [2.05, 4.69) is 59.4 Å². The molecule has 0 aliphatic carbocycles. The van der Waals surface area contributed by atoms with Crippen LogP contribution in [0, 0.1) is 0 Å². The monoisotopic (exact) mass is 753 g/mol. The summed E-state index contributed by atoms with van der Waals surface area (Å²) in [6.07, 6.45) is 0.882. The Labute approximate surface area is 319 Å². The van der Waals surface area contributed by atoms with Crippen molar-refractivity contribution in [2.75, 3.05) is 101 Å². The van der Waals surface area contributed by atoms with E-state index in [1.165, 1.54) is 11.1 Å². The van der Waals surface area contributed by atoms with E-state index >= 15 is 0 Å². The molecule has 17 nitrogen and oxygen atoms in total. The van der Waals surface area contributed by atoms with Gasteiger partial charge in [-0.05, 0) is 59.5 Å². The van der Waals surface area contributed by atoms with Crippen molar-refractivity contribution in [3.05, 3.63) is 112 Å². The summed E-state index contributed by atoms with van der Waals surface area (Å²) in [6, 6.07) is 24.5. The number of rotatable bonds is 24. The standard InChI is InChI=1S/C38H47N11O6/c39-48-43-18-23-55-27-26-53-21-16-41-35(51)31-10-12-33(13-11-31)44-37-45-36(46-38(47-37)49-19-14-29-6-4-5-9-32(29)28-49)42-17-22-54-25-24-52-20-15-40-34(50)30-7-2-1-3-8-30/h1-13H,14-28H2,(H,40,50)(H,41,51)(H2,42,44,45,46,47). The summed E-state index contributed by atoms with van der Waals surface area (Å²) in [5.41, 5.74) is 12.6. The molecule has 0 fully saturated rings. The number of nitrogens with one attached hydrogen (secondary N) is 4. The fourth-order valence-corrected chi connectivity index (χ4v) is 5.44. The van der Waals surface area contributed by atoms with Crippen LogP contribution in [0.3, 0.4) is 0 Å². The van der Waals surface area contributed by atoms with Gasteiger partial charge < -0.3 is 45.1 Å². The lowest BCUT2D eigenvalue weighted by Gasteiger charge is -2.29. The number of carbonyl (C=O) groups is 2. The second kappa shape index (κ2) is 23.1. The number of azide groups is 1. The van der Waals surface area contributed by atoms with Gasteiger partial charge in [-0.15, -0.1) is 0 Å². The van der Waals surface area contributed by atoms with Crippen LogP contribution in [0.4, 0.5) is 23.5 Å². The molecule has 0 spiro atoms. The maximum absolute atomic E-state index is 12.7. The topological polar surface area (TPSA) is 210 Å². The predicted molar refractivity (Wildman–Crippen MR) is 208 cm³/mol. The molecular formula is C38H47N11O6. The van der Waals surface area contributed by atoms with Crippen LogP contribution < -0.4 is 26.2 Å². The van der Waals surface area contributed by atoms with E-state index < -0.39 is 0 Å². The zero-order chi connectivity index (χ0) is 38.3. The lowest BCUT2D eigenvalue weighted by atomic mass is 10.0. The smallest absolute Gasteiger partial charge is 0.251 e. The molecule has 55 heavy (non-hydrogen) atoms. The lowest BCUT2D eigenvalue weighted by Crippen LogP contribution is -2.32. The molecule has 5 rings (SSSR count). The van der Waals surface area contributed by atoms with Gasteiger partial charge in [-0.25, -0.2) is 0 Å². The summed E-state index contributed by atoms with van der Waals surface area (Å²) in [5, 5.41) is 15.6. The average Bonchev–Trinajstić information content (AvgIpc) is 3.22. The van der Waals surface area contributed by atoms with Crippen molar-refractivity contribution in [3.63, 3.8) is 0 Å². The van der Waals surface area contributed by atoms with E-state index in [9.17, 15) is 9.59 Å². The molecule has 0 bridgehead atoms. The Bertz CT molecular complexity index is 1830. The molecule has 0 saturated heterocycles. The number of carbonyl (C=O) groups excluding carboxylic acids is 2. The highest BCUT2D eigenvalue weighted by molar-refractivity contribution is 5.94. The Morgan fingerprint density at radius 3 is 1.93 bits per heavy atom. The summed E-state index contributed by atoms with van der Waals surface area (Å²) in [6.45, 7) is 5.94. The molecule has 4 aromatic rings. The number of benzene rings is 3. The van der Waals surface area contributed by atoms with Gasteiger partial charge in [0.05, 0.1) is 52.9 Å². The maximum Gasteiger partial charge on any atom is 0.251 e. The molecule has 0 atom stereocenters. The second-order valence-electron chi connectivity index (χ2n) is 12.1. The SMILES string of the molecule is [N-]=[N+]=NCCOCCOCCNC(=O)c1ccc(Nc2nc(NCCOCCOCCNC(=O)c3ccccc3)nc(N3CCc4ccccc4C3)n2)cc1. The largest absolute Gasteiger partial charge is 0.379 e. The molecule has 0 radical (unpaired) electrons. The van der Waals surface area contributed by atoms with Gasteiger partial charge in [0.15, 0.2) is 0 Å². The first-order chi connectivity index (χ1) is 27.1. The zero-order valence-electron chi connectivity index (χ0n) is 30.7. The number of anilines is 4. The minimum atomic E-state index is -0.221. The molecule has 4 N–H and O–H groups in total. The quantitative estimate of drug-likeness (QED) is 0.0345. The number of aromatic nitrogens is 3. The first-order valence-electron chi connectivity index (χ1n) is 18.2. The fraction of sp³-hybridized carbons (Fsp3) is 0.395. The van der Waals surface area contributed by atoms with Gasteiger partial charge in [0.25, 0.3) is 11.8 Å². The Kier molecular flexibility index (Phi) is 16.9. The summed E-state index contributed by atoms with van der Waals surface area (Å²) in [4.78, 5) is 43.7. The van der Waals surface area contributed by atoms with Crippen LogP contribution in [0.2, 0.25) is 0 Å². The Hall–Kier alpha value is -5.84. The van der Waals surface area contributed by atoms with E-state index in [-0.39, 0.29) is 18.4 Å². The van der Waals surface area contributed by atoms with Crippen molar-refractivity contribution in [2.24, 2.45) is 5.11 Å². The fourth-order valence-electron chi connectivity index (χ4n) is 5.44. The Morgan fingerprint density at radius 2 is 1.25 bits per heavy atom. The van der Waals surface area contributed by atoms with Crippen LogP contribution in [0.1, 0.15) is 31.8 Å². The Balaban J connectivity index is 1.07. The van der Waals surface area contributed by atoms with E-state index in [0.29, 0.717) is 114 Å². The number of fused-ring (bicyclic) bond motifs is 1. The van der Waals surface area contributed by atoms with Gasteiger partial charge in [0.2, 0.25) is 17.8 Å². The first kappa shape index (κ1) is 40.3. The van der Waals surface area contributed by atoms with Crippen molar-refractivity contribution in [1.82, 2.24) is 25.6 Å². The zero-order valence-corrected chi connectivity index (χ0v) is 30.7. The van der Waals surface area contributed by atoms with Crippen molar-refractivity contribution >= 4 is 35.3 Å². The second-order valence-corrected chi connectivity index (χ2v) is 12.1. The van der Waals surface area contributed by atoms with Gasteiger partial charge in [-0.1, -0.05) is 47.6 Å². The average molecular weight is 754 g/mol. The molecule has 290 valence electrons. The number of amides is 2. The summed E-state index contributed by atoms with van der Waals surface area (Å²) >= 11 is 0. The van der Waals surface area contributed by atoms with Crippen LogP contribution in [0.15, 0.2) is 84.0 Å². The third-order valence-corrected chi connectivity index (χ3v) is 8.21. The summed E-state index contributed by atoms with van der Waals surface area (Å²) in [7, 11) is 0. The van der Waals surface area contributed by atoms with E-state index in [1.807, 2.05) is 24.3 Å². The van der Waals surface area contributed by atoms with Crippen molar-refractivity contribution < 1.29 is 28.5 Å². The normalized spacial score (nSPS) is 12.0. The highest BCUT2D eigenvalue weighted by Crippen LogP contribution is 2.24. The predicted octanol–water partition coefficient (Wildman–Crippen LogP) is 4.13. The highest BCUT2D eigenvalue weighted by atomic mass is 16.5. The molecule has 17 heteroatoms. The molecule has 1 aliphatic rings. The van der Waals surface area contributed by atoms with E-state index in [4.69, 9.17) is 34.4 Å². The molecule has 1 aromatic heterocycles. The van der Waals surface area contributed by atoms with E-state index in [0.717, 1.165) is 13.0 Å². The lowest BCUT2D eigenvalue weighted by molar-refractivity contribution is 0.0511. The van der Waals surface area contributed by atoms with Gasteiger partial charge in [0, 0.05) is 61.0 Å². The van der Waals surface area contributed by atoms with Crippen LogP contribution in [0.5, 0.6) is 0 Å². The van der Waals surface area contributed by atoms with Crippen LogP contribution in [-0.2, 0) is 31.9 Å². The molecule has 2 heterocycles. The van der Waals surface area contributed by atoms with Crippen LogP contribution in [-0.4, -0.2) is 112 Å². The first-order valence-corrected chi connectivity index (χ1v) is 18.2. The summed E-state index contributed by atoms with van der Waals surface area (Å²) < 4.78 is 22.1. The van der Waals surface area contributed by atoms with Gasteiger partial charge >= 0.3 is 0 Å². The Morgan fingerprint density at radius 1 is 0.673 bits per heavy atom. The molecule has 2 amide bonds. The van der Waals surface area contributed by atoms with Crippen molar-refractivity contribution in [2.45, 2.75) is 13.0 Å². The minimum absolute atomic E-state index is 0.131. The van der Waals surface area contributed by atoms with Gasteiger partial charge in [-0.2, -0.15) is 15.0 Å². The maximum atomic E-state index is 12.7. The van der Waals surface area contributed by atoms with Crippen LogP contribution >= 0.6 is 0 Å². The number of hydrogen-bond acceptors (Lipinski definition) is 13.